The predicted molar refractivity (Wildman–Crippen MR) is 51.3 cm³/mol. The maximum Gasteiger partial charge on any atom is 0.0642 e. The summed E-state index contributed by atoms with van der Waals surface area (Å²) in [6.07, 6.45) is 6.85. The molecule has 2 heteroatoms. The van der Waals surface area contributed by atoms with Crippen molar-refractivity contribution in [3.8, 4) is 0 Å². The molecule has 3 aliphatic rings. The summed E-state index contributed by atoms with van der Waals surface area (Å²) in [5.41, 5.74) is 1.65. The van der Waals surface area contributed by atoms with Gasteiger partial charge in [0.2, 0.25) is 0 Å². The van der Waals surface area contributed by atoms with E-state index >= 15 is 0 Å². The summed E-state index contributed by atoms with van der Waals surface area (Å²) in [6.45, 7) is 4.09. The van der Waals surface area contributed by atoms with Gasteiger partial charge in [0.05, 0.1) is 13.2 Å². The molecule has 1 saturated carbocycles. The lowest BCUT2D eigenvalue weighted by molar-refractivity contribution is 0.0491. The number of ether oxygens (including phenoxy) is 1. The van der Waals surface area contributed by atoms with Gasteiger partial charge in [-0.15, -0.1) is 0 Å². The van der Waals surface area contributed by atoms with Crippen molar-refractivity contribution >= 4 is 0 Å². The van der Waals surface area contributed by atoms with E-state index in [-0.39, 0.29) is 0 Å². The lowest BCUT2D eigenvalue weighted by Gasteiger charge is -2.33. The number of morpholine rings is 1. The van der Waals surface area contributed by atoms with E-state index in [1.807, 2.05) is 0 Å². The fourth-order valence-corrected chi connectivity index (χ4v) is 3.00. The van der Waals surface area contributed by atoms with Gasteiger partial charge in [-0.2, -0.15) is 0 Å². The normalized spacial score (nSPS) is 38.2. The van der Waals surface area contributed by atoms with Crippen LogP contribution in [0.1, 0.15) is 19.3 Å². The first kappa shape index (κ1) is 7.86. The monoisotopic (exact) mass is 179 g/mol. The predicted octanol–water partition coefficient (Wildman–Crippen LogP) is 1.63. The summed E-state index contributed by atoms with van der Waals surface area (Å²) in [5, 5.41) is 0. The van der Waals surface area contributed by atoms with Crippen LogP contribution in [0.3, 0.4) is 0 Å². The first-order chi connectivity index (χ1) is 6.43. The Balaban J connectivity index is 1.74. The molecule has 2 nitrogen and oxygen atoms in total. The Kier molecular flexibility index (Phi) is 1.82. The molecule has 0 amide bonds. The number of nitrogens with zero attached hydrogens (tertiary/aromatic N) is 1. The SMILES string of the molecule is C1=C(N2CCOCC2)[C@@H]2CC[C@H]1C2. The van der Waals surface area contributed by atoms with Gasteiger partial charge in [-0.3, -0.25) is 0 Å². The zero-order chi connectivity index (χ0) is 8.67. The average Bonchev–Trinajstić information content (AvgIpc) is 2.80. The summed E-state index contributed by atoms with van der Waals surface area (Å²) in [4.78, 5) is 2.55. The van der Waals surface area contributed by atoms with Crippen molar-refractivity contribution in [1.29, 1.82) is 0 Å². The van der Waals surface area contributed by atoms with E-state index in [2.05, 4.69) is 11.0 Å². The Hall–Kier alpha value is -0.500. The highest BCUT2D eigenvalue weighted by atomic mass is 16.5. The van der Waals surface area contributed by atoms with E-state index in [0.717, 1.165) is 38.1 Å². The number of fused-ring (bicyclic) bond motifs is 2. The summed E-state index contributed by atoms with van der Waals surface area (Å²) in [7, 11) is 0. The average molecular weight is 179 g/mol. The Morgan fingerprint density at radius 3 is 2.69 bits per heavy atom. The van der Waals surface area contributed by atoms with Gasteiger partial charge in [0.1, 0.15) is 0 Å². The highest BCUT2D eigenvalue weighted by Gasteiger charge is 2.35. The molecule has 13 heavy (non-hydrogen) atoms. The molecule has 0 aromatic rings. The highest BCUT2D eigenvalue weighted by Crippen LogP contribution is 2.44. The molecule has 1 saturated heterocycles. The van der Waals surface area contributed by atoms with Gasteiger partial charge in [-0.1, -0.05) is 6.08 Å². The Morgan fingerprint density at radius 2 is 2.08 bits per heavy atom. The van der Waals surface area contributed by atoms with Crippen molar-refractivity contribution in [2.45, 2.75) is 19.3 Å². The first-order valence-electron chi connectivity index (χ1n) is 5.48. The van der Waals surface area contributed by atoms with E-state index in [9.17, 15) is 0 Å². The molecule has 0 spiro atoms. The van der Waals surface area contributed by atoms with Crippen LogP contribution in [0.2, 0.25) is 0 Å². The second kappa shape index (κ2) is 3.02. The minimum absolute atomic E-state index is 0.906. The number of hydrogen-bond donors (Lipinski definition) is 0. The van der Waals surface area contributed by atoms with E-state index in [4.69, 9.17) is 4.74 Å². The number of allylic oxidation sites excluding steroid dienone is 2. The number of rotatable bonds is 1. The van der Waals surface area contributed by atoms with E-state index in [1.165, 1.54) is 19.3 Å². The molecule has 0 N–H and O–H groups in total. The van der Waals surface area contributed by atoms with Crippen molar-refractivity contribution < 1.29 is 4.74 Å². The van der Waals surface area contributed by atoms with Crippen molar-refractivity contribution in [2.24, 2.45) is 11.8 Å². The Bertz CT molecular complexity index is 230. The first-order valence-corrected chi connectivity index (χ1v) is 5.48. The second-order valence-electron chi connectivity index (χ2n) is 4.46. The molecule has 0 radical (unpaired) electrons. The third kappa shape index (κ3) is 1.28. The summed E-state index contributed by atoms with van der Waals surface area (Å²) < 4.78 is 5.37. The second-order valence-corrected chi connectivity index (χ2v) is 4.46. The van der Waals surface area contributed by atoms with Crippen LogP contribution in [0.5, 0.6) is 0 Å². The summed E-state index contributed by atoms with van der Waals surface area (Å²) >= 11 is 0. The van der Waals surface area contributed by atoms with Gasteiger partial charge in [0, 0.05) is 18.8 Å². The van der Waals surface area contributed by atoms with E-state index in [1.54, 1.807) is 5.70 Å². The zero-order valence-corrected chi connectivity index (χ0v) is 8.04. The molecule has 2 aliphatic carbocycles. The largest absolute Gasteiger partial charge is 0.378 e. The smallest absolute Gasteiger partial charge is 0.0642 e. The summed E-state index contributed by atoms with van der Waals surface area (Å²) in [6, 6.07) is 0. The van der Waals surface area contributed by atoms with E-state index in [0.29, 0.717) is 0 Å². The third-order valence-corrected chi connectivity index (χ3v) is 3.67. The maximum atomic E-state index is 5.37. The minimum Gasteiger partial charge on any atom is -0.378 e. The van der Waals surface area contributed by atoms with Gasteiger partial charge >= 0.3 is 0 Å². The van der Waals surface area contributed by atoms with Gasteiger partial charge < -0.3 is 9.64 Å². The lowest BCUT2D eigenvalue weighted by Crippen LogP contribution is -2.37. The van der Waals surface area contributed by atoms with Crippen LogP contribution in [-0.4, -0.2) is 31.2 Å². The molecule has 0 unspecified atom stereocenters. The lowest BCUT2D eigenvalue weighted by atomic mass is 10.0. The Labute approximate surface area is 79.6 Å². The van der Waals surface area contributed by atoms with Crippen LogP contribution < -0.4 is 0 Å². The van der Waals surface area contributed by atoms with Crippen molar-refractivity contribution in [3.05, 3.63) is 11.8 Å². The van der Waals surface area contributed by atoms with Crippen LogP contribution >= 0.6 is 0 Å². The quantitative estimate of drug-likeness (QED) is 0.606. The van der Waals surface area contributed by atoms with Gasteiger partial charge in [0.15, 0.2) is 0 Å². The fraction of sp³-hybridized carbons (Fsp3) is 0.818. The molecular weight excluding hydrogens is 162 g/mol. The van der Waals surface area contributed by atoms with Crippen LogP contribution in [0.15, 0.2) is 11.8 Å². The van der Waals surface area contributed by atoms with Crippen LogP contribution in [0.4, 0.5) is 0 Å². The molecule has 2 bridgehead atoms. The molecule has 72 valence electrons. The third-order valence-electron chi connectivity index (χ3n) is 3.67. The fourth-order valence-electron chi connectivity index (χ4n) is 3.00. The molecule has 3 rings (SSSR count). The van der Waals surface area contributed by atoms with Crippen LogP contribution in [0.25, 0.3) is 0 Å². The van der Waals surface area contributed by atoms with Crippen molar-refractivity contribution in [2.75, 3.05) is 26.3 Å². The van der Waals surface area contributed by atoms with Crippen LogP contribution in [0, 0.1) is 11.8 Å². The molecule has 2 fully saturated rings. The van der Waals surface area contributed by atoms with Crippen molar-refractivity contribution in [3.63, 3.8) is 0 Å². The highest BCUT2D eigenvalue weighted by molar-refractivity contribution is 5.18. The van der Waals surface area contributed by atoms with Gasteiger partial charge in [-0.25, -0.2) is 0 Å². The molecule has 1 aliphatic heterocycles. The standard InChI is InChI=1S/C11H17NO/c1-2-10-7-9(1)8-11(10)12-3-5-13-6-4-12/h8-10H,1-7H2/t9-,10+/m0/s1. The van der Waals surface area contributed by atoms with Gasteiger partial charge in [0.25, 0.3) is 0 Å². The molecule has 1 heterocycles. The van der Waals surface area contributed by atoms with Crippen LogP contribution in [-0.2, 0) is 4.74 Å². The Morgan fingerprint density at radius 1 is 1.23 bits per heavy atom. The topological polar surface area (TPSA) is 12.5 Å². The van der Waals surface area contributed by atoms with E-state index < -0.39 is 0 Å². The molecular formula is C11H17NO. The zero-order valence-electron chi connectivity index (χ0n) is 8.04. The molecule has 0 aromatic carbocycles. The minimum atomic E-state index is 0.906. The number of hydrogen-bond acceptors (Lipinski definition) is 2. The molecule has 2 atom stereocenters. The maximum absolute atomic E-state index is 5.37. The van der Waals surface area contributed by atoms with Crippen molar-refractivity contribution in [1.82, 2.24) is 4.90 Å². The molecule has 0 aromatic heterocycles. The summed E-state index contributed by atoms with van der Waals surface area (Å²) in [5.74, 6) is 1.82. The van der Waals surface area contributed by atoms with Gasteiger partial charge in [-0.05, 0) is 31.1 Å².